The zero-order chi connectivity index (χ0) is 15.7. The highest BCUT2D eigenvalue weighted by Gasteiger charge is 2.46. The predicted molar refractivity (Wildman–Crippen MR) is 89.8 cm³/mol. The van der Waals surface area contributed by atoms with E-state index in [4.69, 9.17) is 4.74 Å². The van der Waals surface area contributed by atoms with Crippen molar-refractivity contribution in [3.8, 4) is 0 Å². The molecule has 0 aliphatic carbocycles. The number of pyridine rings is 1. The number of aromatic nitrogens is 1. The molecule has 4 heterocycles. The maximum absolute atomic E-state index is 12.5. The number of thiophene rings is 1. The normalized spacial score (nSPS) is 26.8. The van der Waals surface area contributed by atoms with E-state index in [1.54, 1.807) is 17.5 Å². The van der Waals surface area contributed by atoms with E-state index in [0.717, 1.165) is 30.8 Å². The molecule has 0 aromatic carbocycles. The monoisotopic (exact) mass is 329 g/mol. The van der Waals surface area contributed by atoms with Crippen molar-refractivity contribution < 1.29 is 9.53 Å². The Morgan fingerprint density at radius 3 is 3.17 bits per heavy atom. The molecule has 1 N–H and O–H groups in total. The zero-order valence-electron chi connectivity index (χ0n) is 12.8. The Hall–Kier alpha value is -1.92. The zero-order valence-corrected chi connectivity index (χ0v) is 13.6. The minimum absolute atomic E-state index is 0.118. The van der Waals surface area contributed by atoms with Crippen LogP contribution in [-0.4, -0.2) is 47.1 Å². The first-order valence-electron chi connectivity index (χ1n) is 7.87. The number of carbonyl (C=O) groups is 1. The molecule has 120 valence electrons. The molecule has 0 saturated carbocycles. The fourth-order valence-electron chi connectivity index (χ4n) is 3.47. The number of nitrogens with one attached hydrogen (secondary N) is 1. The number of ether oxygens (including phenoxy) is 1. The molecule has 0 unspecified atom stereocenters. The van der Waals surface area contributed by atoms with Crippen molar-refractivity contribution in [1.82, 2.24) is 9.88 Å². The van der Waals surface area contributed by atoms with Crippen LogP contribution in [0.2, 0.25) is 0 Å². The number of nitrogens with zero attached hydrogens (tertiary/aromatic N) is 2. The molecule has 2 aromatic rings. The molecule has 2 fully saturated rings. The summed E-state index contributed by atoms with van der Waals surface area (Å²) in [7, 11) is 0. The van der Waals surface area contributed by atoms with Crippen molar-refractivity contribution in [3.05, 3.63) is 46.8 Å². The van der Waals surface area contributed by atoms with E-state index in [0.29, 0.717) is 13.2 Å². The van der Waals surface area contributed by atoms with Gasteiger partial charge in [-0.15, -0.1) is 0 Å². The van der Waals surface area contributed by atoms with Crippen LogP contribution in [0.4, 0.5) is 5.82 Å². The van der Waals surface area contributed by atoms with E-state index in [1.807, 2.05) is 39.9 Å². The molecule has 0 radical (unpaired) electrons. The van der Waals surface area contributed by atoms with Gasteiger partial charge >= 0.3 is 0 Å². The standard InChI is InChI=1S/C17H19N3O2S/c21-16(13-4-8-23-11-13)20-7-5-17(12-20)9-14(10-22-17)19-15-3-1-2-6-18-15/h1-4,6,8,11,14H,5,7,9-10,12H2,(H,18,19)/t14-,17-/m0/s1. The summed E-state index contributed by atoms with van der Waals surface area (Å²) in [5.41, 5.74) is 0.589. The SMILES string of the molecule is O=C(c1ccsc1)N1CC[C@]2(C[C@H](Nc3ccccn3)CO2)C1. The lowest BCUT2D eigenvalue weighted by molar-refractivity contribution is 0.0125. The van der Waals surface area contributed by atoms with Crippen molar-refractivity contribution in [1.29, 1.82) is 0 Å². The van der Waals surface area contributed by atoms with Gasteiger partial charge in [0.15, 0.2) is 0 Å². The Kier molecular flexibility index (Phi) is 3.79. The van der Waals surface area contributed by atoms with Gasteiger partial charge in [0.2, 0.25) is 0 Å². The van der Waals surface area contributed by atoms with E-state index < -0.39 is 0 Å². The van der Waals surface area contributed by atoms with E-state index in [1.165, 1.54) is 0 Å². The lowest BCUT2D eigenvalue weighted by Crippen LogP contribution is -2.36. The molecule has 2 saturated heterocycles. The second-order valence-corrected chi connectivity index (χ2v) is 7.02. The van der Waals surface area contributed by atoms with E-state index in [9.17, 15) is 4.79 Å². The van der Waals surface area contributed by atoms with Crippen LogP contribution in [0.3, 0.4) is 0 Å². The lowest BCUT2D eigenvalue weighted by atomic mass is 9.97. The third-order valence-corrected chi connectivity index (χ3v) is 5.28. The maximum atomic E-state index is 12.5. The van der Waals surface area contributed by atoms with Crippen LogP contribution in [0.5, 0.6) is 0 Å². The van der Waals surface area contributed by atoms with Gasteiger partial charge in [0.05, 0.1) is 30.4 Å². The highest BCUT2D eigenvalue weighted by Crippen LogP contribution is 2.36. The van der Waals surface area contributed by atoms with Gasteiger partial charge in [-0.05, 0) is 30.0 Å². The van der Waals surface area contributed by atoms with Crippen molar-refractivity contribution in [2.75, 3.05) is 25.0 Å². The molecule has 2 aliphatic heterocycles. The summed E-state index contributed by atoms with van der Waals surface area (Å²) in [6.07, 6.45) is 3.60. The first-order valence-corrected chi connectivity index (χ1v) is 8.81. The number of anilines is 1. The number of amides is 1. The lowest BCUT2D eigenvalue weighted by Gasteiger charge is -2.23. The third-order valence-electron chi connectivity index (χ3n) is 4.60. The average molecular weight is 329 g/mol. The minimum Gasteiger partial charge on any atom is -0.371 e. The van der Waals surface area contributed by atoms with Crippen molar-refractivity contribution >= 4 is 23.1 Å². The van der Waals surface area contributed by atoms with Gasteiger partial charge in [0.1, 0.15) is 5.82 Å². The molecule has 5 nitrogen and oxygen atoms in total. The van der Waals surface area contributed by atoms with Gasteiger partial charge in [0, 0.05) is 24.5 Å². The molecule has 0 bridgehead atoms. The van der Waals surface area contributed by atoms with Crippen LogP contribution < -0.4 is 5.32 Å². The summed E-state index contributed by atoms with van der Waals surface area (Å²) in [5, 5.41) is 7.28. The van der Waals surface area contributed by atoms with E-state index in [2.05, 4.69) is 10.3 Å². The molecular formula is C17H19N3O2S. The molecule has 2 aliphatic rings. The Morgan fingerprint density at radius 2 is 2.39 bits per heavy atom. The fourth-order valence-corrected chi connectivity index (χ4v) is 4.10. The fraction of sp³-hybridized carbons (Fsp3) is 0.412. The summed E-state index contributed by atoms with van der Waals surface area (Å²) < 4.78 is 6.10. The van der Waals surface area contributed by atoms with Crippen LogP contribution >= 0.6 is 11.3 Å². The van der Waals surface area contributed by atoms with Crippen LogP contribution in [0.15, 0.2) is 41.2 Å². The van der Waals surface area contributed by atoms with Crippen molar-refractivity contribution in [2.45, 2.75) is 24.5 Å². The van der Waals surface area contributed by atoms with Crippen LogP contribution in [0, 0.1) is 0 Å². The van der Waals surface area contributed by atoms with Crippen molar-refractivity contribution in [3.63, 3.8) is 0 Å². The Balaban J connectivity index is 1.38. The van der Waals surface area contributed by atoms with Crippen LogP contribution in [-0.2, 0) is 4.74 Å². The second-order valence-electron chi connectivity index (χ2n) is 6.24. The Labute approximate surface area is 139 Å². The number of carbonyl (C=O) groups excluding carboxylic acids is 1. The van der Waals surface area contributed by atoms with Gasteiger partial charge in [-0.2, -0.15) is 11.3 Å². The molecule has 1 spiro atoms. The van der Waals surface area contributed by atoms with Crippen LogP contribution in [0.25, 0.3) is 0 Å². The number of likely N-dealkylation sites (tertiary alicyclic amines) is 1. The molecule has 2 atom stereocenters. The second kappa shape index (κ2) is 5.94. The van der Waals surface area contributed by atoms with Crippen molar-refractivity contribution in [2.24, 2.45) is 0 Å². The maximum Gasteiger partial charge on any atom is 0.254 e. The molecular weight excluding hydrogens is 310 g/mol. The summed E-state index contributed by atoms with van der Waals surface area (Å²) >= 11 is 1.56. The largest absolute Gasteiger partial charge is 0.371 e. The molecule has 4 rings (SSSR count). The van der Waals surface area contributed by atoms with Crippen LogP contribution in [0.1, 0.15) is 23.2 Å². The Bertz CT molecular complexity index is 676. The summed E-state index contributed by atoms with van der Waals surface area (Å²) in [4.78, 5) is 18.7. The summed E-state index contributed by atoms with van der Waals surface area (Å²) in [6, 6.07) is 7.98. The summed E-state index contributed by atoms with van der Waals surface area (Å²) in [6.45, 7) is 2.12. The molecule has 23 heavy (non-hydrogen) atoms. The molecule has 1 amide bonds. The topological polar surface area (TPSA) is 54.5 Å². The minimum atomic E-state index is -0.196. The first kappa shape index (κ1) is 14.7. The molecule has 6 heteroatoms. The van der Waals surface area contributed by atoms with Gasteiger partial charge < -0.3 is 15.0 Å². The van der Waals surface area contributed by atoms with Gasteiger partial charge in [-0.25, -0.2) is 4.98 Å². The van der Waals surface area contributed by atoms with Gasteiger partial charge in [-0.3, -0.25) is 4.79 Å². The summed E-state index contributed by atoms with van der Waals surface area (Å²) in [5.74, 6) is 0.996. The first-order chi connectivity index (χ1) is 11.2. The van der Waals surface area contributed by atoms with E-state index >= 15 is 0 Å². The number of hydrogen-bond donors (Lipinski definition) is 1. The Morgan fingerprint density at radius 1 is 1.43 bits per heavy atom. The third kappa shape index (κ3) is 2.96. The quantitative estimate of drug-likeness (QED) is 0.940. The van der Waals surface area contributed by atoms with Gasteiger partial charge in [0.25, 0.3) is 5.91 Å². The highest BCUT2D eigenvalue weighted by molar-refractivity contribution is 7.08. The predicted octanol–water partition coefficient (Wildman–Crippen LogP) is 2.63. The highest BCUT2D eigenvalue weighted by atomic mass is 32.1. The average Bonchev–Trinajstić information content (AvgIpc) is 3.31. The molecule has 2 aromatic heterocycles. The van der Waals surface area contributed by atoms with E-state index in [-0.39, 0.29) is 17.6 Å². The number of hydrogen-bond acceptors (Lipinski definition) is 5. The number of rotatable bonds is 3. The van der Waals surface area contributed by atoms with Gasteiger partial charge in [-0.1, -0.05) is 6.07 Å². The smallest absolute Gasteiger partial charge is 0.254 e.